The first-order valence-corrected chi connectivity index (χ1v) is 45.5. The zero-order valence-electron chi connectivity index (χ0n) is 36.2. The van der Waals surface area contributed by atoms with Gasteiger partial charge in [-0.05, 0) is 0 Å². The normalized spacial score (nSPS) is 18.4. The van der Waals surface area contributed by atoms with Crippen LogP contribution in [0.25, 0.3) is 0 Å². The number of aryl methyl sites for hydroxylation is 4. The van der Waals surface area contributed by atoms with Crippen molar-refractivity contribution in [3.63, 3.8) is 0 Å². The van der Waals surface area contributed by atoms with Gasteiger partial charge >= 0.3 is 83.7 Å². The standard InChI is InChI=1S/4C10H15Si.2C2H6Si.2ClH.2Zr/c4*1-11(2)8-4-6-9-5-3-7-10(9)11;2*1-3-2;;;;/h4*3,5,7H,4,6,8H2,1-2H3;2*1-2H3;2*1H;;/q4*-1;;;;;2*+2/p-2. The zero-order chi connectivity index (χ0) is 38.7. The van der Waals surface area contributed by atoms with Crippen molar-refractivity contribution in [1.82, 2.24) is 0 Å². The first-order chi connectivity index (χ1) is 24.3. The molecular formula is C44H72Cl2Si6Zr2-2. The summed E-state index contributed by atoms with van der Waals surface area (Å²) in [5.74, 6) is 0. The number of hydrogen-bond donors (Lipinski definition) is 0. The third-order valence-electron chi connectivity index (χ3n) is 11.5. The van der Waals surface area contributed by atoms with Gasteiger partial charge in [-0.15, -0.1) is 0 Å². The van der Waals surface area contributed by atoms with Crippen molar-refractivity contribution >= 4 is 63.9 Å². The Labute approximate surface area is 380 Å². The van der Waals surface area contributed by atoms with E-state index in [4.69, 9.17) is 0 Å². The summed E-state index contributed by atoms with van der Waals surface area (Å²) in [4.78, 5) is 0. The van der Waals surface area contributed by atoms with Crippen LogP contribution < -0.4 is 45.6 Å². The van der Waals surface area contributed by atoms with Gasteiger partial charge in [-0.2, -0.15) is 91.5 Å². The average molecular weight is 1020 g/mol. The fraction of sp³-hybridized carbons (Fsp3) is 0.545. The van der Waals surface area contributed by atoms with Gasteiger partial charge in [-0.1, -0.05) is 128 Å². The monoisotopic (exact) mass is 1020 g/mol. The molecule has 4 heterocycles. The molecule has 296 valence electrons. The molecule has 4 aliphatic heterocycles. The van der Waals surface area contributed by atoms with E-state index in [2.05, 4.69) is 151 Å². The third kappa shape index (κ3) is 16.6. The van der Waals surface area contributed by atoms with Gasteiger partial charge in [-0.25, -0.2) is 24.3 Å². The van der Waals surface area contributed by atoms with Crippen molar-refractivity contribution in [2.24, 2.45) is 0 Å². The van der Waals surface area contributed by atoms with Gasteiger partial charge in [-0.3, -0.25) is 0 Å². The minimum Gasteiger partial charge on any atom is -1.00 e. The molecule has 0 N–H and O–H groups in total. The minimum absolute atomic E-state index is 0. The Bertz CT molecular complexity index is 1460. The molecule has 0 saturated heterocycles. The molecule has 0 unspecified atom stereocenters. The van der Waals surface area contributed by atoms with E-state index in [-0.39, 0.29) is 35.7 Å². The molecule has 4 aromatic rings. The second-order valence-electron chi connectivity index (χ2n) is 18.8. The smallest absolute Gasteiger partial charge is 0.00742 e. The maximum atomic E-state index is 2.49. The van der Waals surface area contributed by atoms with E-state index in [1.54, 1.807) is 89.7 Å². The van der Waals surface area contributed by atoms with Gasteiger partial charge in [0.2, 0.25) is 0 Å². The van der Waals surface area contributed by atoms with Crippen LogP contribution in [0.5, 0.6) is 0 Å². The second-order valence-corrected chi connectivity index (χ2v) is 56.8. The van der Waals surface area contributed by atoms with E-state index in [9.17, 15) is 0 Å². The van der Waals surface area contributed by atoms with Crippen molar-refractivity contribution < 1.29 is 71.5 Å². The van der Waals surface area contributed by atoms with Crippen molar-refractivity contribution in [2.75, 3.05) is 0 Å². The summed E-state index contributed by atoms with van der Waals surface area (Å²) in [6.45, 7) is 29.2. The number of hydrogen-bond acceptors (Lipinski definition) is 0. The predicted octanol–water partition coefficient (Wildman–Crippen LogP) is 4.65. The van der Waals surface area contributed by atoms with Crippen LogP contribution >= 0.6 is 0 Å². The number of fused-ring (bicyclic) bond motifs is 4. The van der Waals surface area contributed by atoms with Gasteiger partial charge in [0.05, 0.1) is 0 Å². The first kappa shape index (κ1) is 53.1. The molecule has 0 amide bonds. The molecule has 4 aromatic carbocycles. The summed E-state index contributed by atoms with van der Waals surface area (Å²) in [6.07, 6.45) is 11.0. The summed E-state index contributed by atoms with van der Waals surface area (Å²) in [5.41, 5.74) is 7.01. The van der Waals surface area contributed by atoms with Gasteiger partial charge < -0.3 is 24.8 Å². The SMILES string of the molecule is C[Si](C)=[Zr+2].C[Si](C)=[Zr+2].C[Si]1(C)CCCc2[cH-]ccc21.C[Si]1(C)CCCc2[cH-]ccc21.C[Si]1(C)CCCc2[cH-]ccc21.C[Si]1(C)CCCc2[cH-]ccc21.[Cl-].[Cl-]. The van der Waals surface area contributed by atoms with E-state index < -0.39 is 32.3 Å². The summed E-state index contributed by atoms with van der Waals surface area (Å²) < 4.78 is 0. The summed E-state index contributed by atoms with van der Waals surface area (Å²) in [6, 6.07) is 33.5. The molecule has 10 heteroatoms. The van der Waals surface area contributed by atoms with E-state index in [0.717, 1.165) is 0 Å². The molecular weight excluding hydrogens is 950 g/mol. The molecule has 0 saturated carbocycles. The molecule has 0 nitrogen and oxygen atoms in total. The summed E-state index contributed by atoms with van der Waals surface area (Å²) >= 11 is 3.48. The minimum atomic E-state index is -0.959. The Kier molecular flexibility index (Phi) is 23.9. The molecule has 4 aliphatic rings. The third-order valence-corrected chi connectivity index (χ3v) is 25.7. The van der Waals surface area contributed by atoms with Crippen molar-refractivity contribution in [1.29, 1.82) is 0 Å². The molecule has 0 aliphatic carbocycles. The van der Waals surface area contributed by atoms with Crippen LogP contribution in [0.4, 0.5) is 0 Å². The van der Waals surface area contributed by atoms with Gasteiger partial charge in [0, 0.05) is 32.3 Å². The molecule has 0 spiro atoms. The Morgan fingerprint density at radius 2 is 0.574 bits per heavy atom. The summed E-state index contributed by atoms with van der Waals surface area (Å²) in [5, 5.41) is 6.90. The summed E-state index contributed by atoms with van der Waals surface area (Å²) in [7, 11) is -3.84. The Balaban J connectivity index is 0.000000334. The van der Waals surface area contributed by atoms with Crippen LogP contribution in [0, 0.1) is 0 Å². The molecule has 0 aromatic heterocycles. The predicted molar refractivity (Wildman–Crippen MR) is 244 cm³/mol. The fourth-order valence-corrected chi connectivity index (χ4v) is 20.6. The van der Waals surface area contributed by atoms with E-state index in [1.165, 1.54) is 75.5 Å². The topological polar surface area (TPSA) is 0 Å². The molecule has 54 heavy (non-hydrogen) atoms. The Morgan fingerprint density at radius 1 is 0.407 bits per heavy atom. The fourth-order valence-electron chi connectivity index (χ4n) is 8.76. The maximum Gasteiger partial charge on any atom is 0.00742 e. The molecule has 0 radical (unpaired) electrons. The van der Waals surface area contributed by atoms with Gasteiger partial charge in [0.1, 0.15) is 0 Å². The van der Waals surface area contributed by atoms with Crippen molar-refractivity contribution in [3.8, 4) is 0 Å². The van der Waals surface area contributed by atoms with Crippen LogP contribution in [0.1, 0.15) is 47.9 Å². The zero-order valence-corrected chi connectivity index (χ0v) is 48.6. The van der Waals surface area contributed by atoms with Crippen molar-refractivity contribution in [2.45, 2.75) is 154 Å². The molecule has 0 atom stereocenters. The van der Waals surface area contributed by atoms with Crippen LogP contribution in [0.2, 0.25) is 103 Å². The van der Waals surface area contributed by atoms with Crippen LogP contribution in [0.3, 0.4) is 0 Å². The van der Waals surface area contributed by atoms with Crippen LogP contribution in [-0.4, -0.2) is 43.2 Å². The quantitative estimate of drug-likeness (QED) is 0.178. The number of halogens is 2. The molecule has 0 fully saturated rings. The van der Waals surface area contributed by atoms with Crippen LogP contribution in [-0.2, 0) is 72.4 Å². The largest absolute Gasteiger partial charge is 1.00 e. The Morgan fingerprint density at radius 3 is 0.722 bits per heavy atom. The van der Waals surface area contributed by atoms with Gasteiger partial charge in [0.15, 0.2) is 0 Å². The van der Waals surface area contributed by atoms with E-state index in [1.807, 2.05) is 0 Å². The average Bonchev–Trinajstić information content (AvgIpc) is 3.85. The van der Waals surface area contributed by atoms with Crippen LogP contribution in [0.15, 0.2) is 72.8 Å². The molecule has 0 bridgehead atoms. The number of rotatable bonds is 0. The Hall–Kier alpha value is 1.05. The van der Waals surface area contributed by atoms with E-state index >= 15 is 0 Å². The first-order valence-electron chi connectivity index (χ1n) is 20.3. The second kappa shape index (κ2) is 24.3. The molecule has 8 rings (SSSR count). The van der Waals surface area contributed by atoms with Crippen molar-refractivity contribution in [3.05, 3.63) is 95.1 Å². The maximum absolute atomic E-state index is 2.49. The van der Waals surface area contributed by atoms with E-state index in [0.29, 0.717) is 0 Å². The van der Waals surface area contributed by atoms with Gasteiger partial charge in [0.25, 0.3) is 0 Å².